The highest BCUT2D eigenvalue weighted by Gasteiger charge is 2.32. The molecule has 6 nitrogen and oxygen atoms in total. The lowest BCUT2D eigenvalue weighted by Crippen LogP contribution is -2.51. The summed E-state index contributed by atoms with van der Waals surface area (Å²) in [4.78, 5) is 16.8. The maximum atomic E-state index is 12.7. The fraction of sp³-hybridized carbons (Fsp3) is 0.632. The van der Waals surface area contributed by atoms with Crippen molar-refractivity contribution in [3.8, 4) is 11.5 Å². The van der Waals surface area contributed by atoms with Crippen molar-refractivity contribution in [2.45, 2.75) is 38.3 Å². The summed E-state index contributed by atoms with van der Waals surface area (Å²) < 4.78 is 11.3. The van der Waals surface area contributed by atoms with E-state index in [4.69, 9.17) is 9.47 Å². The lowest BCUT2D eigenvalue weighted by Gasteiger charge is -2.34. The number of carbonyl (C=O) groups excluding carboxylic acids is 1. The monoisotopic (exact) mass is 347 g/mol. The third kappa shape index (κ3) is 3.84. The van der Waals surface area contributed by atoms with Gasteiger partial charge in [-0.25, -0.2) is 4.79 Å². The predicted octanol–water partition coefficient (Wildman–Crippen LogP) is 2.64. The highest BCUT2D eigenvalue weighted by Crippen LogP contribution is 2.38. The molecule has 6 heteroatoms. The number of benzene rings is 1. The van der Waals surface area contributed by atoms with Crippen molar-refractivity contribution in [3.63, 3.8) is 0 Å². The van der Waals surface area contributed by atoms with Crippen LogP contribution in [0, 0.1) is 0 Å². The van der Waals surface area contributed by atoms with Gasteiger partial charge in [0.2, 0.25) is 0 Å². The number of fused-ring (bicyclic) bond motifs is 1. The van der Waals surface area contributed by atoms with E-state index in [1.807, 2.05) is 37.2 Å². The Bertz CT molecular complexity index is 630. The van der Waals surface area contributed by atoms with Crippen LogP contribution in [0.1, 0.15) is 38.3 Å². The van der Waals surface area contributed by atoms with Crippen molar-refractivity contribution in [2.75, 3.05) is 40.4 Å². The number of likely N-dealkylation sites (tertiary alicyclic amines) is 1. The lowest BCUT2D eigenvalue weighted by molar-refractivity contribution is 0.165. The molecule has 0 saturated carbocycles. The zero-order chi connectivity index (χ0) is 18.0. The summed E-state index contributed by atoms with van der Waals surface area (Å²) in [6, 6.07) is 6.13. The zero-order valence-corrected chi connectivity index (χ0v) is 15.7. The highest BCUT2D eigenvalue weighted by molar-refractivity contribution is 5.75. The van der Waals surface area contributed by atoms with Crippen LogP contribution in [0.25, 0.3) is 0 Å². The summed E-state index contributed by atoms with van der Waals surface area (Å²) in [5.41, 5.74) is 1.03. The van der Waals surface area contributed by atoms with E-state index < -0.39 is 0 Å². The number of amides is 2. The van der Waals surface area contributed by atoms with Gasteiger partial charge >= 0.3 is 6.03 Å². The summed E-state index contributed by atoms with van der Waals surface area (Å²) in [5.74, 6) is 1.57. The predicted molar refractivity (Wildman–Crippen MR) is 97.3 cm³/mol. The summed E-state index contributed by atoms with van der Waals surface area (Å²) in [6.07, 6.45) is 1.99. The Morgan fingerprint density at radius 2 is 2.00 bits per heavy atom. The van der Waals surface area contributed by atoms with E-state index in [2.05, 4.69) is 24.1 Å². The maximum absolute atomic E-state index is 12.7. The van der Waals surface area contributed by atoms with Gasteiger partial charge < -0.3 is 24.6 Å². The first-order valence-electron chi connectivity index (χ1n) is 9.00. The van der Waals surface area contributed by atoms with Crippen molar-refractivity contribution < 1.29 is 14.3 Å². The fourth-order valence-electron chi connectivity index (χ4n) is 3.18. The minimum absolute atomic E-state index is 0.00677. The minimum atomic E-state index is -0.0815. The second-order valence-corrected chi connectivity index (χ2v) is 7.62. The number of likely N-dealkylation sites (N-methyl/N-ethyl adjacent to an activating group) is 1. The number of carbonyl (C=O) groups is 1. The first-order chi connectivity index (χ1) is 11.9. The van der Waals surface area contributed by atoms with E-state index in [0.717, 1.165) is 36.4 Å². The Morgan fingerprint density at radius 3 is 2.72 bits per heavy atom. The van der Waals surface area contributed by atoms with Crippen LogP contribution in [-0.2, 0) is 0 Å². The number of ether oxygens (including phenoxy) is 2. The molecule has 1 N–H and O–H groups in total. The molecule has 0 aromatic heterocycles. The molecule has 2 aliphatic rings. The quantitative estimate of drug-likeness (QED) is 0.910. The molecule has 138 valence electrons. The van der Waals surface area contributed by atoms with Crippen molar-refractivity contribution in [1.82, 2.24) is 15.1 Å². The number of rotatable bonds is 4. The minimum Gasteiger partial charge on any atom is -0.486 e. The topological polar surface area (TPSA) is 54.0 Å². The molecule has 3 rings (SSSR count). The first-order valence-corrected chi connectivity index (χ1v) is 9.00. The van der Waals surface area contributed by atoms with Gasteiger partial charge in [0.05, 0.1) is 6.04 Å². The molecule has 1 atom stereocenters. The van der Waals surface area contributed by atoms with Crippen LogP contribution in [-0.4, -0.2) is 61.8 Å². The molecule has 1 aromatic rings. The Kier molecular flexibility index (Phi) is 5.08. The molecule has 2 amide bonds. The van der Waals surface area contributed by atoms with Crippen LogP contribution in [0.5, 0.6) is 11.5 Å². The van der Waals surface area contributed by atoms with Gasteiger partial charge in [-0.05, 0) is 58.5 Å². The summed E-state index contributed by atoms with van der Waals surface area (Å²) in [7, 11) is 4.06. The van der Waals surface area contributed by atoms with E-state index in [-0.39, 0.29) is 17.6 Å². The maximum Gasteiger partial charge on any atom is 0.317 e. The zero-order valence-electron chi connectivity index (χ0n) is 15.7. The third-order valence-corrected chi connectivity index (χ3v) is 5.35. The van der Waals surface area contributed by atoms with Gasteiger partial charge in [0.25, 0.3) is 0 Å². The van der Waals surface area contributed by atoms with Crippen molar-refractivity contribution >= 4 is 6.03 Å². The van der Waals surface area contributed by atoms with Gasteiger partial charge in [-0.1, -0.05) is 6.07 Å². The Morgan fingerprint density at radius 1 is 1.28 bits per heavy atom. The van der Waals surface area contributed by atoms with Crippen LogP contribution < -0.4 is 14.8 Å². The van der Waals surface area contributed by atoms with Gasteiger partial charge in [-0.15, -0.1) is 0 Å². The molecule has 0 spiro atoms. The van der Waals surface area contributed by atoms with Gasteiger partial charge in [-0.2, -0.15) is 0 Å². The Hall–Kier alpha value is -1.95. The molecule has 1 saturated heterocycles. The lowest BCUT2D eigenvalue weighted by atomic mass is 10.0. The smallest absolute Gasteiger partial charge is 0.317 e. The average molecular weight is 347 g/mol. The van der Waals surface area contributed by atoms with Crippen LogP contribution in [0.2, 0.25) is 0 Å². The molecule has 1 aromatic carbocycles. The van der Waals surface area contributed by atoms with Gasteiger partial charge in [0.15, 0.2) is 11.5 Å². The SMILES string of the molecule is CN(C)C(C)(C)CNC(=O)N1CCC[C@H]1c1ccc2c(c1)OCCO2. The van der Waals surface area contributed by atoms with Crippen LogP contribution in [0.3, 0.4) is 0 Å². The molecular formula is C19H29N3O3. The van der Waals surface area contributed by atoms with Crippen molar-refractivity contribution in [2.24, 2.45) is 0 Å². The highest BCUT2D eigenvalue weighted by atomic mass is 16.6. The number of hydrogen-bond acceptors (Lipinski definition) is 4. The first kappa shape index (κ1) is 17.9. The van der Waals surface area contributed by atoms with Crippen LogP contribution in [0.4, 0.5) is 4.79 Å². The Balaban J connectivity index is 1.69. The normalized spacial score (nSPS) is 20.0. The van der Waals surface area contributed by atoms with E-state index in [1.165, 1.54) is 0 Å². The van der Waals surface area contributed by atoms with Gasteiger partial charge in [0, 0.05) is 18.6 Å². The summed E-state index contributed by atoms with van der Waals surface area (Å²) >= 11 is 0. The molecule has 0 unspecified atom stereocenters. The van der Waals surface area contributed by atoms with E-state index in [9.17, 15) is 4.79 Å². The molecule has 1 fully saturated rings. The molecule has 0 radical (unpaired) electrons. The van der Waals surface area contributed by atoms with Crippen LogP contribution in [0.15, 0.2) is 18.2 Å². The second-order valence-electron chi connectivity index (χ2n) is 7.62. The van der Waals surface area contributed by atoms with Crippen molar-refractivity contribution in [1.29, 1.82) is 0 Å². The standard InChI is InChI=1S/C19H29N3O3/c1-19(2,21(3)4)13-20-18(23)22-9-5-6-15(22)14-7-8-16-17(12-14)25-11-10-24-16/h7-8,12,15H,5-6,9-11,13H2,1-4H3,(H,20,23)/t15-/m0/s1. The van der Waals surface area contributed by atoms with E-state index >= 15 is 0 Å². The fourth-order valence-corrected chi connectivity index (χ4v) is 3.18. The number of nitrogens with one attached hydrogen (secondary N) is 1. The van der Waals surface area contributed by atoms with Crippen LogP contribution >= 0.6 is 0 Å². The van der Waals surface area contributed by atoms with Crippen molar-refractivity contribution in [3.05, 3.63) is 23.8 Å². The molecule has 2 aliphatic heterocycles. The third-order valence-electron chi connectivity index (χ3n) is 5.35. The number of urea groups is 1. The van der Waals surface area contributed by atoms with Gasteiger partial charge in [0.1, 0.15) is 13.2 Å². The summed E-state index contributed by atoms with van der Waals surface area (Å²) in [6.45, 7) is 6.80. The average Bonchev–Trinajstić information content (AvgIpc) is 3.09. The molecular weight excluding hydrogens is 318 g/mol. The Labute approximate surface area is 150 Å². The number of nitrogens with zero attached hydrogens (tertiary/aromatic N) is 2. The second kappa shape index (κ2) is 7.12. The summed E-state index contributed by atoms with van der Waals surface area (Å²) in [5, 5.41) is 3.10. The molecule has 0 aliphatic carbocycles. The number of hydrogen-bond donors (Lipinski definition) is 1. The molecule has 2 heterocycles. The molecule has 25 heavy (non-hydrogen) atoms. The largest absolute Gasteiger partial charge is 0.486 e. The van der Waals surface area contributed by atoms with Gasteiger partial charge in [-0.3, -0.25) is 0 Å². The van der Waals surface area contributed by atoms with E-state index in [1.54, 1.807) is 0 Å². The molecule has 0 bridgehead atoms. The van der Waals surface area contributed by atoms with E-state index in [0.29, 0.717) is 19.8 Å².